The summed E-state index contributed by atoms with van der Waals surface area (Å²) in [5.74, 6) is 0.578. The van der Waals surface area contributed by atoms with Crippen molar-refractivity contribution in [2.45, 2.75) is 38.5 Å². The third-order valence-corrected chi connectivity index (χ3v) is 5.82. The molecule has 7 nitrogen and oxygen atoms in total. The van der Waals surface area contributed by atoms with Gasteiger partial charge < -0.3 is 10.2 Å². The molecule has 1 aliphatic heterocycles. The molecule has 4 rings (SSSR count). The van der Waals surface area contributed by atoms with Crippen molar-refractivity contribution in [3.8, 4) is 5.69 Å². The highest BCUT2D eigenvalue weighted by atomic mass is 16.2. The van der Waals surface area contributed by atoms with E-state index < -0.39 is 0 Å². The van der Waals surface area contributed by atoms with Crippen LogP contribution in [0.4, 0.5) is 0 Å². The maximum Gasteiger partial charge on any atom is 0.272 e. The van der Waals surface area contributed by atoms with Crippen molar-refractivity contribution in [2.24, 2.45) is 0 Å². The largest absolute Gasteiger partial charge is 0.355 e. The number of carbonyl (C=O) groups is 2. The molecule has 0 bridgehead atoms. The normalized spacial score (nSPS) is 17.2. The Balaban J connectivity index is 1.39. The summed E-state index contributed by atoms with van der Waals surface area (Å²) in [6.07, 6.45) is 4.38. The zero-order valence-electron chi connectivity index (χ0n) is 17.7. The molecule has 0 spiro atoms. The highest BCUT2D eigenvalue weighted by molar-refractivity contribution is 5.93. The van der Waals surface area contributed by atoms with Gasteiger partial charge in [0.05, 0.1) is 17.9 Å². The molecule has 2 fully saturated rings. The first-order valence-corrected chi connectivity index (χ1v) is 11.1. The first kappa shape index (κ1) is 20.6. The van der Waals surface area contributed by atoms with Gasteiger partial charge in [0.25, 0.3) is 5.91 Å². The molecule has 0 atom stereocenters. The minimum atomic E-state index is 0.0188. The van der Waals surface area contributed by atoms with Gasteiger partial charge in [0.15, 0.2) is 0 Å². The minimum Gasteiger partial charge on any atom is -0.355 e. The number of rotatable bonds is 8. The summed E-state index contributed by atoms with van der Waals surface area (Å²) in [6, 6.07) is 11.8. The lowest BCUT2D eigenvalue weighted by molar-refractivity contribution is -0.122. The molecule has 2 aliphatic rings. The summed E-state index contributed by atoms with van der Waals surface area (Å²) in [4.78, 5) is 29.4. The van der Waals surface area contributed by atoms with Gasteiger partial charge in [0, 0.05) is 38.6 Å². The maximum atomic E-state index is 13.3. The lowest BCUT2D eigenvalue weighted by atomic mass is 10.2. The monoisotopic (exact) mass is 409 g/mol. The fourth-order valence-electron chi connectivity index (χ4n) is 3.83. The molecule has 1 aromatic heterocycles. The highest BCUT2D eigenvalue weighted by Gasteiger charge is 2.31. The number of aromatic nitrogens is 2. The number of para-hydroxylation sites is 1. The van der Waals surface area contributed by atoms with Crippen molar-refractivity contribution in [1.82, 2.24) is 24.9 Å². The third kappa shape index (κ3) is 4.90. The SMILES string of the molecule is CCCCNC(=O)CN1CCN(C(=O)c2cc(C3CC3)nn2-c2ccccc2)CC1. The van der Waals surface area contributed by atoms with Crippen LogP contribution in [-0.4, -0.2) is 70.7 Å². The van der Waals surface area contributed by atoms with Crippen molar-refractivity contribution in [3.05, 3.63) is 47.8 Å². The predicted molar refractivity (Wildman–Crippen MR) is 116 cm³/mol. The van der Waals surface area contributed by atoms with E-state index in [0.29, 0.717) is 44.3 Å². The molecular weight excluding hydrogens is 378 g/mol. The summed E-state index contributed by atoms with van der Waals surface area (Å²) in [7, 11) is 0. The van der Waals surface area contributed by atoms with Crippen LogP contribution < -0.4 is 5.32 Å². The Morgan fingerprint density at radius 3 is 2.50 bits per heavy atom. The van der Waals surface area contributed by atoms with E-state index in [1.807, 2.05) is 41.3 Å². The zero-order chi connectivity index (χ0) is 20.9. The number of nitrogens with one attached hydrogen (secondary N) is 1. The van der Waals surface area contributed by atoms with Crippen LogP contribution in [0, 0.1) is 0 Å². The molecule has 30 heavy (non-hydrogen) atoms. The van der Waals surface area contributed by atoms with Crippen LogP contribution in [0.1, 0.15) is 54.7 Å². The Kier molecular flexibility index (Phi) is 6.47. The molecular formula is C23H31N5O2. The quantitative estimate of drug-likeness (QED) is 0.680. The Labute approximate surface area is 178 Å². The van der Waals surface area contributed by atoms with Gasteiger partial charge in [-0.15, -0.1) is 0 Å². The lowest BCUT2D eigenvalue weighted by Crippen LogP contribution is -2.51. The lowest BCUT2D eigenvalue weighted by Gasteiger charge is -2.34. The fraction of sp³-hybridized carbons (Fsp3) is 0.522. The van der Waals surface area contributed by atoms with Crippen LogP contribution >= 0.6 is 0 Å². The van der Waals surface area contributed by atoms with E-state index in [1.54, 1.807) is 4.68 Å². The molecule has 7 heteroatoms. The van der Waals surface area contributed by atoms with Crippen molar-refractivity contribution < 1.29 is 9.59 Å². The molecule has 1 saturated carbocycles. The summed E-state index contributed by atoms with van der Waals surface area (Å²) in [5.41, 5.74) is 2.56. The minimum absolute atomic E-state index is 0.0188. The number of carbonyl (C=O) groups excluding carboxylic acids is 2. The van der Waals surface area contributed by atoms with Gasteiger partial charge in [-0.1, -0.05) is 31.5 Å². The average Bonchev–Trinajstić information content (AvgIpc) is 3.53. The van der Waals surface area contributed by atoms with E-state index in [1.165, 1.54) is 0 Å². The van der Waals surface area contributed by atoms with Gasteiger partial charge in [0.1, 0.15) is 5.69 Å². The smallest absolute Gasteiger partial charge is 0.272 e. The number of benzene rings is 1. The van der Waals surface area contributed by atoms with E-state index in [2.05, 4.69) is 17.1 Å². The van der Waals surface area contributed by atoms with Crippen molar-refractivity contribution in [1.29, 1.82) is 0 Å². The molecule has 2 amide bonds. The first-order chi connectivity index (χ1) is 14.7. The Morgan fingerprint density at radius 1 is 1.10 bits per heavy atom. The molecule has 1 N–H and O–H groups in total. The average molecular weight is 410 g/mol. The van der Waals surface area contributed by atoms with Gasteiger partial charge in [-0.3, -0.25) is 14.5 Å². The second-order valence-corrected chi connectivity index (χ2v) is 8.25. The van der Waals surface area contributed by atoms with Crippen LogP contribution in [-0.2, 0) is 4.79 Å². The van der Waals surface area contributed by atoms with Crippen molar-refractivity contribution in [2.75, 3.05) is 39.3 Å². The van der Waals surface area contributed by atoms with Gasteiger partial charge >= 0.3 is 0 Å². The van der Waals surface area contributed by atoms with E-state index in [-0.39, 0.29) is 11.8 Å². The zero-order valence-corrected chi connectivity index (χ0v) is 17.7. The van der Waals surface area contributed by atoms with Crippen LogP contribution in [0.3, 0.4) is 0 Å². The summed E-state index contributed by atoms with van der Waals surface area (Å²) >= 11 is 0. The van der Waals surface area contributed by atoms with Gasteiger partial charge in [-0.05, 0) is 37.5 Å². The number of unbranched alkanes of at least 4 members (excludes halogenated alkanes) is 1. The molecule has 1 saturated heterocycles. The van der Waals surface area contributed by atoms with Crippen LogP contribution in [0.25, 0.3) is 5.69 Å². The molecule has 160 valence electrons. The van der Waals surface area contributed by atoms with Gasteiger partial charge in [0.2, 0.25) is 5.91 Å². The van der Waals surface area contributed by atoms with Crippen LogP contribution in [0.5, 0.6) is 0 Å². The highest BCUT2D eigenvalue weighted by Crippen LogP contribution is 2.39. The molecule has 2 heterocycles. The standard InChI is InChI=1S/C23H31N5O2/c1-2-3-11-24-22(29)17-26-12-14-27(15-13-26)23(30)21-16-20(18-9-10-18)25-28(21)19-7-5-4-6-8-19/h4-8,16,18H,2-3,9-15,17H2,1H3,(H,24,29). The number of piperazine rings is 1. The maximum absolute atomic E-state index is 13.3. The number of amides is 2. The van der Waals surface area contributed by atoms with E-state index in [4.69, 9.17) is 5.10 Å². The molecule has 1 aromatic carbocycles. The van der Waals surface area contributed by atoms with Crippen molar-refractivity contribution in [3.63, 3.8) is 0 Å². The number of hydrogen-bond donors (Lipinski definition) is 1. The van der Waals surface area contributed by atoms with Crippen molar-refractivity contribution >= 4 is 11.8 Å². The second kappa shape index (κ2) is 9.43. The van der Waals surface area contributed by atoms with E-state index >= 15 is 0 Å². The first-order valence-electron chi connectivity index (χ1n) is 11.1. The molecule has 0 radical (unpaired) electrons. The van der Waals surface area contributed by atoms with Crippen LogP contribution in [0.2, 0.25) is 0 Å². The van der Waals surface area contributed by atoms with Gasteiger partial charge in [-0.25, -0.2) is 4.68 Å². The predicted octanol–water partition coefficient (Wildman–Crippen LogP) is 2.42. The Bertz CT molecular complexity index is 867. The summed E-state index contributed by atoms with van der Waals surface area (Å²) < 4.78 is 1.80. The third-order valence-electron chi connectivity index (χ3n) is 5.82. The molecule has 1 aliphatic carbocycles. The second-order valence-electron chi connectivity index (χ2n) is 8.25. The topological polar surface area (TPSA) is 70.5 Å². The fourth-order valence-corrected chi connectivity index (χ4v) is 3.83. The Morgan fingerprint density at radius 2 is 1.83 bits per heavy atom. The number of nitrogens with zero attached hydrogens (tertiary/aromatic N) is 4. The van der Waals surface area contributed by atoms with Gasteiger partial charge in [-0.2, -0.15) is 5.10 Å². The number of hydrogen-bond acceptors (Lipinski definition) is 4. The van der Waals surface area contributed by atoms with E-state index in [9.17, 15) is 9.59 Å². The summed E-state index contributed by atoms with van der Waals surface area (Å²) in [5, 5.41) is 7.72. The molecule has 2 aromatic rings. The van der Waals surface area contributed by atoms with Crippen LogP contribution in [0.15, 0.2) is 36.4 Å². The Hall–Kier alpha value is -2.67. The van der Waals surface area contributed by atoms with E-state index in [0.717, 1.165) is 43.6 Å². The summed E-state index contributed by atoms with van der Waals surface area (Å²) in [6.45, 7) is 5.92. The molecule has 0 unspecified atom stereocenters.